The molecule has 1 saturated carbocycles. The Morgan fingerprint density at radius 3 is 2.26 bits per heavy atom. The molecule has 0 heterocycles. The second-order valence-corrected chi connectivity index (χ2v) is 4.42. The summed E-state index contributed by atoms with van der Waals surface area (Å²) >= 11 is 0. The van der Waals surface area contributed by atoms with E-state index >= 15 is 0 Å². The summed E-state index contributed by atoms with van der Waals surface area (Å²) in [5.74, 6) is -2.57. The third kappa shape index (κ3) is 3.49. The maximum absolute atomic E-state index is 13.3. The van der Waals surface area contributed by atoms with Gasteiger partial charge in [0.1, 0.15) is 17.2 Å². The van der Waals surface area contributed by atoms with E-state index in [0.717, 1.165) is 25.0 Å². The largest absolute Gasteiger partial charge is 0.354 e. The summed E-state index contributed by atoms with van der Waals surface area (Å²) in [7, 11) is 0. The summed E-state index contributed by atoms with van der Waals surface area (Å²) in [6, 6.07) is 3.23. The van der Waals surface area contributed by atoms with Crippen LogP contribution in [0.5, 0.6) is 0 Å². The van der Waals surface area contributed by atoms with Gasteiger partial charge in [0.15, 0.2) is 0 Å². The van der Waals surface area contributed by atoms with Crippen molar-refractivity contribution in [2.75, 3.05) is 13.1 Å². The molecular formula is C13H14F2N2O2. The fourth-order valence-electron chi connectivity index (χ4n) is 1.65. The Morgan fingerprint density at radius 2 is 1.68 bits per heavy atom. The van der Waals surface area contributed by atoms with E-state index in [9.17, 15) is 18.4 Å². The minimum absolute atomic E-state index is 0.0358. The van der Waals surface area contributed by atoms with Gasteiger partial charge in [0.2, 0.25) is 5.91 Å². The molecule has 2 rings (SSSR count). The number of hydrogen-bond acceptors (Lipinski definition) is 2. The van der Waals surface area contributed by atoms with Gasteiger partial charge < -0.3 is 10.6 Å². The Kier molecular flexibility index (Phi) is 4.09. The number of benzene rings is 1. The van der Waals surface area contributed by atoms with Crippen LogP contribution in [-0.4, -0.2) is 24.9 Å². The van der Waals surface area contributed by atoms with Crippen molar-refractivity contribution in [3.05, 3.63) is 35.4 Å². The second-order valence-electron chi connectivity index (χ2n) is 4.42. The smallest absolute Gasteiger partial charge is 0.257 e. The van der Waals surface area contributed by atoms with Crippen LogP contribution >= 0.6 is 0 Å². The Balaban J connectivity index is 1.79. The average molecular weight is 268 g/mol. The van der Waals surface area contributed by atoms with Crippen LogP contribution < -0.4 is 10.6 Å². The van der Waals surface area contributed by atoms with E-state index < -0.39 is 23.1 Å². The molecule has 0 aliphatic heterocycles. The zero-order chi connectivity index (χ0) is 13.8. The van der Waals surface area contributed by atoms with Gasteiger partial charge >= 0.3 is 0 Å². The highest BCUT2D eigenvalue weighted by Crippen LogP contribution is 2.28. The van der Waals surface area contributed by atoms with Crippen molar-refractivity contribution < 1.29 is 18.4 Å². The summed E-state index contributed by atoms with van der Waals surface area (Å²) in [5.41, 5.74) is -0.601. The van der Waals surface area contributed by atoms with E-state index in [1.165, 1.54) is 6.07 Å². The minimum atomic E-state index is -0.903. The van der Waals surface area contributed by atoms with Crippen LogP contribution in [-0.2, 0) is 4.79 Å². The Labute approximate surface area is 109 Å². The van der Waals surface area contributed by atoms with Crippen molar-refractivity contribution in [3.8, 4) is 0 Å². The normalized spacial score (nSPS) is 14.0. The van der Waals surface area contributed by atoms with Crippen molar-refractivity contribution in [1.82, 2.24) is 10.6 Å². The zero-order valence-corrected chi connectivity index (χ0v) is 10.2. The lowest BCUT2D eigenvalue weighted by Gasteiger charge is -2.08. The van der Waals surface area contributed by atoms with E-state index in [4.69, 9.17) is 0 Å². The number of hydrogen-bond donors (Lipinski definition) is 2. The van der Waals surface area contributed by atoms with Gasteiger partial charge in [-0.05, 0) is 25.0 Å². The number of amides is 2. The molecule has 1 aliphatic rings. The maximum Gasteiger partial charge on any atom is 0.257 e. The van der Waals surface area contributed by atoms with Crippen LogP contribution in [0.3, 0.4) is 0 Å². The number of carbonyl (C=O) groups excluding carboxylic acids is 2. The zero-order valence-electron chi connectivity index (χ0n) is 10.2. The first-order valence-corrected chi connectivity index (χ1v) is 6.09. The summed E-state index contributed by atoms with van der Waals surface area (Å²) < 4.78 is 26.6. The molecule has 19 heavy (non-hydrogen) atoms. The topological polar surface area (TPSA) is 58.2 Å². The average Bonchev–Trinajstić information content (AvgIpc) is 3.18. The Morgan fingerprint density at radius 1 is 1.11 bits per heavy atom. The molecule has 0 saturated heterocycles. The summed E-state index contributed by atoms with van der Waals surface area (Å²) in [5, 5.41) is 5.00. The number of rotatable bonds is 5. The SMILES string of the molecule is O=C(NCCNC(=O)C1CC1)c1c(F)cccc1F. The lowest BCUT2D eigenvalue weighted by Crippen LogP contribution is -2.35. The Bertz CT molecular complexity index is 481. The highest BCUT2D eigenvalue weighted by molar-refractivity contribution is 5.94. The standard InChI is InChI=1S/C13H14F2N2O2/c14-9-2-1-3-10(15)11(9)13(19)17-7-6-16-12(18)8-4-5-8/h1-3,8H,4-7H2,(H,16,18)(H,17,19). The molecule has 0 bridgehead atoms. The predicted octanol–water partition coefficient (Wildman–Crippen LogP) is 1.22. The monoisotopic (exact) mass is 268 g/mol. The molecule has 1 fully saturated rings. The van der Waals surface area contributed by atoms with Gasteiger partial charge in [-0.1, -0.05) is 6.07 Å². The first kappa shape index (κ1) is 13.5. The van der Waals surface area contributed by atoms with E-state index in [0.29, 0.717) is 0 Å². The Hall–Kier alpha value is -1.98. The van der Waals surface area contributed by atoms with Crippen LogP contribution in [0.4, 0.5) is 8.78 Å². The van der Waals surface area contributed by atoms with Crippen LogP contribution in [0.25, 0.3) is 0 Å². The molecule has 4 nitrogen and oxygen atoms in total. The molecular weight excluding hydrogens is 254 g/mol. The third-order valence-corrected chi connectivity index (χ3v) is 2.85. The van der Waals surface area contributed by atoms with Gasteiger partial charge in [-0.3, -0.25) is 9.59 Å². The minimum Gasteiger partial charge on any atom is -0.354 e. The van der Waals surface area contributed by atoms with Gasteiger partial charge in [-0.15, -0.1) is 0 Å². The lowest BCUT2D eigenvalue weighted by molar-refractivity contribution is -0.122. The summed E-state index contributed by atoms with van der Waals surface area (Å²) in [6.07, 6.45) is 1.80. The molecule has 0 radical (unpaired) electrons. The number of carbonyl (C=O) groups is 2. The first-order chi connectivity index (χ1) is 9.09. The van der Waals surface area contributed by atoms with Gasteiger partial charge in [-0.2, -0.15) is 0 Å². The van der Waals surface area contributed by atoms with E-state index in [-0.39, 0.29) is 24.9 Å². The lowest BCUT2D eigenvalue weighted by atomic mass is 10.2. The first-order valence-electron chi connectivity index (χ1n) is 6.09. The number of nitrogens with one attached hydrogen (secondary N) is 2. The molecule has 1 aliphatic carbocycles. The third-order valence-electron chi connectivity index (χ3n) is 2.85. The highest BCUT2D eigenvalue weighted by atomic mass is 19.1. The van der Waals surface area contributed by atoms with Gasteiger partial charge in [0, 0.05) is 19.0 Å². The molecule has 0 atom stereocenters. The summed E-state index contributed by atoms with van der Waals surface area (Å²) in [6.45, 7) is 0.377. The van der Waals surface area contributed by atoms with Crippen molar-refractivity contribution in [3.63, 3.8) is 0 Å². The molecule has 102 valence electrons. The van der Waals surface area contributed by atoms with Crippen LogP contribution in [0.15, 0.2) is 18.2 Å². The number of halogens is 2. The molecule has 2 amide bonds. The molecule has 0 spiro atoms. The van der Waals surface area contributed by atoms with Crippen molar-refractivity contribution >= 4 is 11.8 Å². The molecule has 2 N–H and O–H groups in total. The quantitative estimate of drug-likeness (QED) is 0.789. The van der Waals surface area contributed by atoms with Gasteiger partial charge in [0.25, 0.3) is 5.91 Å². The molecule has 0 unspecified atom stereocenters. The van der Waals surface area contributed by atoms with E-state index in [1.54, 1.807) is 0 Å². The van der Waals surface area contributed by atoms with E-state index in [2.05, 4.69) is 10.6 Å². The van der Waals surface area contributed by atoms with Crippen molar-refractivity contribution in [2.24, 2.45) is 5.92 Å². The molecule has 0 aromatic heterocycles. The van der Waals surface area contributed by atoms with Crippen LogP contribution in [0.2, 0.25) is 0 Å². The van der Waals surface area contributed by atoms with Gasteiger partial charge in [0.05, 0.1) is 0 Å². The van der Waals surface area contributed by atoms with Crippen molar-refractivity contribution in [1.29, 1.82) is 0 Å². The molecule has 1 aromatic carbocycles. The van der Waals surface area contributed by atoms with Gasteiger partial charge in [-0.25, -0.2) is 8.78 Å². The summed E-state index contributed by atoms with van der Waals surface area (Å²) in [4.78, 5) is 22.9. The van der Waals surface area contributed by atoms with Crippen LogP contribution in [0, 0.1) is 17.6 Å². The fourth-order valence-corrected chi connectivity index (χ4v) is 1.65. The highest BCUT2D eigenvalue weighted by Gasteiger charge is 2.29. The fraction of sp³-hybridized carbons (Fsp3) is 0.385. The predicted molar refractivity (Wildman–Crippen MR) is 64.4 cm³/mol. The van der Waals surface area contributed by atoms with E-state index in [1.807, 2.05) is 0 Å². The van der Waals surface area contributed by atoms with Crippen molar-refractivity contribution in [2.45, 2.75) is 12.8 Å². The second kappa shape index (κ2) is 5.77. The van der Waals surface area contributed by atoms with Crippen LogP contribution in [0.1, 0.15) is 23.2 Å². The molecule has 1 aromatic rings. The maximum atomic E-state index is 13.3. The molecule has 6 heteroatoms.